The van der Waals surface area contributed by atoms with Crippen molar-refractivity contribution in [1.29, 1.82) is 16.2 Å². The maximum atomic E-state index is 8.35. The number of nitrogens with one attached hydrogen (secondary N) is 3. The van der Waals surface area contributed by atoms with Gasteiger partial charge in [0.15, 0.2) is 0 Å². The minimum atomic E-state index is 0.750. The lowest BCUT2D eigenvalue weighted by atomic mass is 10.5. The van der Waals surface area contributed by atoms with Crippen LogP contribution in [0.4, 0.5) is 0 Å². The quantitative estimate of drug-likeness (QED) is 0.340. The van der Waals surface area contributed by atoms with E-state index in [4.69, 9.17) is 36.3 Å². The Balaban J connectivity index is -0.0000000420. The van der Waals surface area contributed by atoms with E-state index in [0.29, 0.717) is 0 Å². The van der Waals surface area contributed by atoms with Crippen LogP contribution in [0.1, 0.15) is 13.3 Å². The fraction of sp³-hybridized carbons (Fsp3) is 0.500. The van der Waals surface area contributed by atoms with Gasteiger partial charge >= 0.3 is 0 Å². The van der Waals surface area contributed by atoms with Crippen molar-refractivity contribution in [2.75, 3.05) is 6.54 Å². The Labute approximate surface area is 75.5 Å². The van der Waals surface area contributed by atoms with E-state index in [-0.39, 0.29) is 0 Å². The number of rotatable bonds is 1. The third-order valence-electron chi connectivity index (χ3n) is 0.289. The van der Waals surface area contributed by atoms with Crippen LogP contribution in [0.25, 0.3) is 0 Å². The molecule has 0 saturated carbocycles. The summed E-state index contributed by atoms with van der Waals surface area (Å²) >= 11 is 0. The number of carbonyl (C=O) groups excluding carboxylic acids is 3. The van der Waals surface area contributed by atoms with E-state index in [2.05, 4.69) is 6.92 Å². The van der Waals surface area contributed by atoms with Crippen LogP contribution in [-0.4, -0.2) is 24.8 Å². The molecule has 0 aliphatic carbocycles. The summed E-state index contributed by atoms with van der Waals surface area (Å²) in [7, 11) is 0. The summed E-state index contributed by atoms with van der Waals surface area (Å²) in [5.74, 6) is 0. The molecule has 0 aromatic carbocycles. The number of hydrogen-bond donors (Lipinski definition) is 4. The average Bonchev–Trinajstić information content (AvgIpc) is 2.08. The molecule has 0 saturated heterocycles. The van der Waals surface area contributed by atoms with E-state index in [1.165, 1.54) is 0 Å². The summed E-state index contributed by atoms with van der Waals surface area (Å²) in [6.45, 7) is 2.88. The first kappa shape index (κ1) is 22.5. The topological polar surface area (TPSA) is 149 Å². The zero-order chi connectivity index (χ0) is 11.5. The molecule has 7 nitrogen and oxygen atoms in total. The summed E-state index contributed by atoms with van der Waals surface area (Å²) in [6.07, 6.45) is 3.35. The lowest BCUT2D eigenvalue weighted by molar-refractivity contribution is 0.562. The van der Waals surface area contributed by atoms with E-state index in [9.17, 15) is 0 Å². The molecular weight excluding hydrogens is 176 g/mol. The Morgan fingerprint density at radius 1 is 1.00 bits per heavy atom. The molecule has 0 atom stereocenters. The molecule has 0 rings (SSSR count). The molecule has 13 heavy (non-hydrogen) atoms. The van der Waals surface area contributed by atoms with Crippen molar-refractivity contribution in [3.8, 4) is 0 Å². The largest absolute Gasteiger partial charge is 0.330 e. The van der Waals surface area contributed by atoms with Crippen LogP contribution >= 0.6 is 0 Å². The number of hydrogen-bond acceptors (Lipinski definition) is 7. The van der Waals surface area contributed by atoms with Crippen molar-refractivity contribution in [3.05, 3.63) is 0 Å². The first-order chi connectivity index (χ1) is 6.16. The van der Waals surface area contributed by atoms with Crippen molar-refractivity contribution < 1.29 is 14.4 Å². The second kappa shape index (κ2) is 87.0. The monoisotopic (exact) mass is 188 g/mol. The van der Waals surface area contributed by atoms with Gasteiger partial charge in [-0.05, 0) is 13.0 Å². The highest BCUT2D eigenvalue weighted by molar-refractivity contribution is 5.26. The van der Waals surface area contributed by atoms with Crippen LogP contribution in [0, 0.1) is 16.2 Å². The van der Waals surface area contributed by atoms with Crippen LogP contribution in [0.2, 0.25) is 0 Å². The molecule has 0 aromatic rings. The Morgan fingerprint density at radius 2 is 1.08 bits per heavy atom. The summed E-state index contributed by atoms with van der Waals surface area (Å²) in [5.41, 5.74) is 5.03. The van der Waals surface area contributed by atoms with Crippen LogP contribution in [-0.2, 0) is 14.4 Å². The highest BCUT2D eigenvalue weighted by Gasteiger charge is 1.55. The Hall–Kier alpha value is -1.90. The number of isocyanates is 3. The molecule has 74 valence electrons. The molecule has 0 radical (unpaired) electrons. The fourth-order valence-corrected chi connectivity index (χ4v) is 0. The van der Waals surface area contributed by atoms with Crippen molar-refractivity contribution in [2.24, 2.45) is 5.73 Å². The normalized spacial score (nSPS) is 4.15. The molecule has 0 fully saturated rings. The van der Waals surface area contributed by atoms with Crippen LogP contribution in [0.5, 0.6) is 0 Å². The third kappa shape index (κ3) is 818. The molecule has 0 spiro atoms. The van der Waals surface area contributed by atoms with Crippen molar-refractivity contribution in [2.45, 2.75) is 13.3 Å². The van der Waals surface area contributed by atoms with Crippen LogP contribution in [0.3, 0.4) is 0 Å². The van der Waals surface area contributed by atoms with E-state index in [1.807, 2.05) is 0 Å². The summed E-state index contributed by atoms with van der Waals surface area (Å²) in [5, 5.41) is 16.2. The van der Waals surface area contributed by atoms with Crippen LogP contribution < -0.4 is 5.73 Å². The molecule has 5 N–H and O–H groups in total. The van der Waals surface area contributed by atoms with Gasteiger partial charge in [0.25, 0.3) is 0 Å². The predicted octanol–water partition coefficient (Wildman–Crippen LogP) is 0.0580. The number of nitrogens with two attached hydrogens (primary N) is 1. The van der Waals surface area contributed by atoms with Gasteiger partial charge in [0.2, 0.25) is 18.2 Å². The fourth-order valence-electron chi connectivity index (χ4n) is 0. The van der Waals surface area contributed by atoms with Gasteiger partial charge in [0.1, 0.15) is 0 Å². The molecule has 0 bridgehead atoms. The molecule has 0 aromatic heterocycles. The lowest BCUT2D eigenvalue weighted by Gasteiger charge is -1.70. The van der Waals surface area contributed by atoms with Crippen molar-refractivity contribution in [3.63, 3.8) is 0 Å². The second-order valence-electron chi connectivity index (χ2n) is 1.09. The molecule has 7 heteroatoms. The van der Waals surface area contributed by atoms with Gasteiger partial charge in [-0.1, -0.05) is 6.92 Å². The maximum absolute atomic E-state index is 8.35. The Kier molecular flexibility index (Phi) is 150. The lowest BCUT2D eigenvalue weighted by Crippen LogP contribution is -1.93. The second-order valence-corrected chi connectivity index (χ2v) is 1.09. The zero-order valence-corrected chi connectivity index (χ0v) is 7.22. The van der Waals surface area contributed by atoms with E-state index >= 15 is 0 Å². The highest BCUT2D eigenvalue weighted by atomic mass is 16.1. The first-order valence-corrected chi connectivity index (χ1v) is 2.98. The maximum Gasteiger partial charge on any atom is 0.231 e. The first-order valence-electron chi connectivity index (χ1n) is 2.98. The van der Waals surface area contributed by atoms with E-state index in [0.717, 1.165) is 31.2 Å². The van der Waals surface area contributed by atoms with Gasteiger partial charge < -0.3 is 5.73 Å². The molecule has 0 aliphatic heterocycles. The minimum Gasteiger partial charge on any atom is -0.330 e. The predicted molar refractivity (Wildman–Crippen MR) is 44.6 cm³/mol. The smallest absolute Gasteiger partial charge is 0.231 e. The molecular formula is C6H12N4O3. The van der Waals surface area contributed by atoms with Crippen molar-refractivity contribution in [1.82, 2.24) is 0 Å². The zero-order valence-electron chi connectivity index (χ0n) is 7.22. The average molecular weight is 188 g/mol. The van der Waals surface area contributed by atoms with Gasteiger partial charge in [-0.3, -0.25) is 0 Å². The van der Waals surface area contributed by atoms with Gasteiger partial charge in [-0.15, -0.1) is 0 Å². The van der Waals surface area contributed by atoms with E-state index < -0.39 is 0 Å². The van der Waals surface area contributed by atoms with Gasteiger partial charge in [-0.2, -0.15) is 0 Å². The van der Waals surface area contributed by atoms with Gasteiger partial charge in [0, 0.05) is 0 Å². The molecule has 0 heterocycles. The molecule has 0 amide bonds. The SMILES string of the molecule is CCCN.N=C=O.N=C=O.N=C=O. The molecule has 0 aliphatic rings. The van der Waals surface area contributed by atoms with Crippen molar-refractivity contribution >= 4 is 18.2 Å². The van der Waals surface area contributed by atoms with Gasteiger partial charge in [-0.25, -0.2) is 30.6 Å². The minimum absolute atomic E-state index is 0.750. The van der Waals surface area contributed by atoms with Gasteiger partial charge in [0.05, 0.1) is 0 Å². The summed E-state index contributed by atoms with van der Waals surface area (Å²) < 4.78 is 0. The Bertz CT molecular complexity index is 132. The Morgan fingerprint density at radius 3 is 1.08 bits per heavy atom. The van der Waals surface area contributed by atoms with Crippen LogP contribution in [0.15, 0.2) is 0 Å². The summed E-state index contributed by atoms with van der Waals surface area (Å²) in [6, 6.07) is 0. The third-order valence-corrected chi connectivity index (χ3v) is 0.289. The molecule has 0 unspecified atom stereocenters. The van der Waals surface area contributed by atoms with E-state index in [1.54, 1.807) is 0 Å². The standard InChI is InChI=1S/C3H9N.3CHNO/c1-2-3-4;3*2-1-3/h2-4H2,1H3;3*2H. The summed E-state index contributed by atoms with van der Waals surface area (Å²) in [4.78, 5) is 25.0. The highest BCUT2D eigenvalue weighted by Crippen LogP contribution is 1.57.